The van der Waals surface area contributed by atoms with E-state index in [2.05, 4.69) is 4.99 Å². The smallest absolute Gasteiger partial charge is 0.326 e. The second-order valence-electron chi connectivity index (χ2n) is 7.47. The molecule has 3 aromatic rings. The lowest BCUT2D eigenvalue weighted by molar-refractivity contribution is -0.143. The number of thiazole rings is 1. The van der Waals surface area contributed by atoms with Gasteiger partial charge >= 0.3 is 5.97 Å². The van der Waals surface area contributed by atoms with Gasteiger partial charge in [0.15, 0.2) is 27.8 Å². The normalized spacial score (nSPS) is 12.6. The number of aromatic nitrogens is 1. The summed E-state index contributed by atoms with van der Waals surface area (Å²) < 4.78 is 35.7. The summed E-state index contributed by atoms with van der Waals surface area (Å²) >= 11 is 1.26. The third-order valence-electron chi connectivity index (χ3n) is 5.12. The average Bonchev–Trinajstić information content (AvgIpc) is 3.43. The van der Waals surface area contributed by atoms with Crippen LogP contribution in [0.2, 0.25) is 0 Å². The maximum atomic E-state index is 13.3. The maximum absolute atomic E-state index is 13.3. The van der Waals surface area contributed by atoms with Gasteiger partial charge in [0.25, 0.3) is 5.91 Å². The van der Waals surface area contributed by atoms with Crippen LogP contribution in [0.1, 0.15) is 38.1 Å². The summed E-state index contributed by atoms with van der Waals surface area (Å²) in [5.74, 6) is 1.41. The van der Waals surface area contributed by atoms with Crippen LogP contribution in [0.5, 0.6) is 28.7 Å². The molecule has 0 bridgehead atoms. The maximum Gasteiger partial charge on any atom is 0.326 e. The van der Waals surface area contributed by atoms with Gasteiger partial charge in [-0.2, -0.15) is 4.99 Å². The molecule has 0 spiro atoms. The Kier molecular flexibility index (Phi) is 7.99. The minimum Gasteiger partial charge on any atom is -0.490 e. The van der Waals surface area contributed by atoms with E-state index in [1.54, 1.807) is 29.7 Å². The molecule has 2 aromatic carbocycles. The van der Waals surface area contributed by atoms with Crippen LogP contribution in [-0.2, 0) is 16.1 Å². The molecule has 1 aromatic heterocycles. The van der Waals surface area contributed by atoms with E-state index in [-0.39, 0.29) is 25.5 Å². The summed E-state index contributed by atoms with van der Waals surface area (Å²) in [5, 5.41) is 0. The summed E-state index contributed by atoms with van der Waals surface area (Å²) in [6, 6.07) is 6.75. The molecule has 11 heteroatoms. The molecule has 0 radical (unpaired) electrons. The fourth-order valence-electron chi connectivity index (χ4n) is 3.70. The quantitative estimate of drug-likeness (QED) is 0.373. The predicted molar refractivity (Wildman–Crippen MR) is 132 cm³/mol. The number of benzene rings is 2. The summed E-state index contributed by atoms with van der Waals surface area (Å²) in [6.07, 6.45) is 0. The number of carbonyl (C=O) groups is 2. The van der Waals surface area contributed by atoms with Crippen LogP contribution in [0.25, 0.3) is 10.2 Å². The lowest BCUT2D eigenvalue weighted by Gasteiger charge is -2.16. The van der Waals surface area contributed by atoms with Gasteiger partial charge in [0, 0.05) is 17.7 Å². The molecule has 192 valence electrons. The van der Waals surface area contributed by atoms with E-state index in [1.165, 1.54) is 11.3 Å². The Hall–Kier alpha value is -3.73. The van der Waals surface area contributed by atoms with Crippen LogP contribution in [-0.4, -0.2) is 49.7 Å². The highest BCUT2D eigenvalue weighted by molar-refractivity contribution is 7.16. The van der Waals surface area contributed by atoms with Gasteiger partial charge in [-0.25, -0.2) is 0 Å². The van der Waals surface area contributed by atoms with Gasteiger partial charge in [-0.15, -0.1) is 0 Å². The lowest BCUT2D eigenvalue weighted by Crippen LogP contribution is -2.23. The average molecular weight is 517 g/mol. The Labute approximate surface area is 212 Å². The number of carbonyl (C=O) groups excluding carboxylic acids is 2. The topological polar surface area (TPSA) is 107 Å². The minimum atomic E-state index is -0.524. The zero-order valence-electron chi connectivity index (χ0n) is 20.6. The number of ether oxygens (including phenoxy) is 6. The van der Waals surface area contributed by atoms with Gasteiger partial charge in [0.05, 0.1) is 36.6 Å². The first kappa shape index (κ1) is 25.4. The van der Waals surface area contributed by atoms with E-state index in [9.17, 15) is 9.59 Å². The molecule has 0 atom stereocenters. The van der Waals surface area contributed by atoms with Crippen LogP contribution in [0.3, 0.4) is 0 Å². The molecule has 0 saturated carbocycles. The van der Waals surface area contributed by atoms with Crippen LogP contribution >= 0.6 is 11.3 Å². The zero-order chi connectivity index (χ0) is 25.7. The Morgan fingerprint density at radius 2 is 1.56 bits per heavy atom. The number of hydrogen-bond acceptors (Lipinski definition) is 9. The second kappa shape index (κ2) is 11.3. The number of rotatable bonds is 10. The van der Waals surface area contributed by atoms with Gasteiger partial charge in [0.1, 0.15) is 6.54 Å². The van der Waals surface area contributed by atoms with Crippen molar-refractivity contribution in [1.82, 2.24) is 4.57 Å². The lowest BCUT2D eigenvalue weighted by atomic mass is 10.1. The van der Waals surface area contributed by atoms with Crippen molar-refractivity contribution in [2.75, 3.05) is 33.2 Å². The standard InChI is InChI=1S/C25H28N2O8S/c1-5-30-19-9-15(10-20(31-6-2)23(19)33-8-4)24(29)26-25-27(13-22(28)32-7-3)16-11-17-18(35-14-34-17)12-21(16)36-25/h9-12H,5-8,13-14H2,1-4H3. The molecular formula is C25H28N2O8S. The molecule has 1 aliphatic heterocycles. The third kappa shape index (κ3) is 5.25. The highest BCUT2D eigenvalue weighted by atomic mass is 32.1. The van der Waals surface area contributed by atoms with Crippen molar-refractivity contribution in [3.8, 4) is 28.7 Å². The van der Waals surface area contributed by atoms with Crippen LogP contribution in [0.4, 0.5) is 0 Å². The van der Waals surface area contributed by atoms with Gasteiger partial charge in [-0.3, -0.25) is 9.59 Å². The van der Waals surface area contributed by atoms with Crippen molar-refractivity contribution < 1.29 is 38.0 Å². The van der Waals surface area contributed by atoms with E-state index in [1.807, 2.05) is 26.8 Å². The van der Waals surface area contributed by atoms with Crippen molar-refractivity contribution in [2.24, 2.45) is 4.99 Å². The van der Waals surface area contributed by atoms with Crippen molar-refractivity contribution >= 4 is 33.4 Å². The van der Waals surface area contributed by atoms with Gasteiger partial charge < -0.3 is 33.0 Å². The number of nitrogens with zero attached hydrogens (tertiary/aromatic N) is 2. The molecule has 0 unspecified atom stereocenters. The van der Waals surface area contributed by atoms with Crippen molar-refractivity contribution in [3.05, 3.63) is 34.6 Å². The number of amides is 1. The molecular weight excluding hydrogens is 488 g/mol. The molecule has 1 aliphatic rings. The minimum absolute atomic E-state index is 0.114. The highest BCUT2D eigenvalue weighted by Gasteiger charge is 2.21. The van der Waals surface area contributed by atoms with Crippen LogP contribution in [0, 0.1) is 0 Å². The SMILES string of the molecule is CCOC(=O)Cn1c(=NC(=O)c2cc(OCC)c(OCC)c(OCC)c2)sc2cc3c(cc21)OCO3. The Balaban J connectivity index is 1.82. The van der Waals surface area contributed by atoms with E-state index < -0.39 is 11.9 Å². The number of hydrogen-bond donors (Lipinski definition) is 0. The zero-order valence-corrected chi connectivity index (χ0v) is 21.4. The molecule has 1 amide bonds. The number of fused-ring (bicyclic) bond motifs is 2. The Morgan fingerprint density at radius 3 is 2.17 bits per heavy atom. The summed E-state index contributed by atoms with van der Waals surface area (Å²) in [7, 11) is 0. The number of esters is 1. The second-order valence-corrected chi connectivity index (χ2v) is 8.48. The van der Waals surface area contributed by atoms with E-state index in [4.69, 9.17) is 28.4 Å². The Morgan fingerprint density at radius 1 is 0.917 bits per heavy atom. The third-order valence-corrected chi connectivity index (χ3v) is 6.16. The fraction of sp³-hybridized carbons (Fsp3) is 0.400. The summed E-state index contributed by atoms with van der Waals surface area (Å²) in [4.78, 5) is 30.4. The highest BCUT2D eigenvalue weighted by Crippen LogP contribution is 2.40. The largest absolute Gasteiger partial charge is 0.490 e. The van der Waals surface area contributed by atoms with Crippen molar-refractivity contribution in [2.45, 2.75) is 34.2 Å². The molecule has 4 rings (SSSR count). The van der Waals surface area contributed by atoms with Gasteiger partial charge in [0.2, 0.25) is 12.5 Å². The molecule has 36 heavy (non-hydrogen) atoms. The van der Waals surface area contributed by atoms with Crippen molar-refractivity contribution in [3.63, 3.8) is 0 Å². The van der Waals surface area contributed by atoms with Gasteiger partial charge in [-0.05, 0) is 39.8 Å². The van der Waals surface area contributed by atoms with Crippen LogP contribution in [0.15, 0.2) is 29.3 Å². The Bertz CT molecular complexity index is 1320. The van der Waals surface area contributed by atoms with E-state index in [0.717, 1.165) is 4.70 Å². The molecule has 0 fully saturated rings. The molecule has 0 saturated heterocycles. The predicted octanol–water partition coefficient (Wildman–Crippen LogP) is 3.93. The summed E-state index contributed by atoms with van der Waals surface area (Å²) in [5.41, 5.74) is 0.945. The summed E-state index contributed by atoms with van der Waals surface area (Å²) in [6.45, 7) is 8.70. The molecule has 0 aliphatic carbocycles. The first-order valence-corrected chi connectivity index (χ1v) is 12.5. The first-order chi connectivity index (χ1) is 17.5. The van der Waals surface area contributed by atoms with Crippen molar-refractivity contribution in [1.29, 1.82) is 0 Å². The monoisotopic (exact) mass is 516 g/mol. The van der Waals surface area contributed by atoms with E-state index >= 15 is 0 Å². The molecule has 0 N–H and O–H groups in total. The van der Waals surface area contributed by atoms with E-state index in [0.29, 0.717) is 58.9 Å². The fourth-order valence-corrected chi connectivity index (χ4v) is 4.74. The molecule has 2 heterocycles. The molecule has 10 nitrogen and oxygen atoms in total. The van der Waals surface area contributed by atoms with Crippen LogP contribution < -0.4 is 28.5 Å². The first-order valence-electron chi connectivity index (χ1n) is 11.7. The van der Waals surface area contributed by atoms with Gasteiger partial charge in [-0.1, -0.05) is 11.3 Å².